The first-order valence-electron chi connectivity index (χ1n) is 9.74. The maximum atomic E-state index is 13.2. The normalized spacial score (nSPS) is 19.5. The molecule has 1 fully saturated rings. The highest BCUT2D eigenvalue weighted by atomic mass is 16.5. The molecule has 3 heterocycles. The van der Waals surface area contributed by atoms with Crippen molar-refractivity contribution in [2.75, 3.05) is 20.2 Å². The fraction of sp³-hybridized carbons (Fsp3) is 0.450. The average Bonchev–Trinajstić information content (AvgIpc) is 3.22. The molecule has 4 rings (SSSR count). The van der Waals surface area contributed by atoms with E-state index in [1.165, 1.54) is 5.01 Å². The standard InChI is InChI=1S/C20H23N5O4/c1-24-18(26)9-8-16(23-24)20(28)25(11-13-5-4-10-29-13)12-17-21-15-7-3-2-6-14(15)19(27)22-17/h2-3,6-7,13H,4-5,8-12H2,1H3,(H,21,22,27)/t13-/m1/s1. The molecule has 2 amide bonds. The highest BCUT2D eigenvalue weighted by Crippen LogP contribution is 2.17. The molecule has 152 valence electrons. The molecule has 1 aromatic carbocycles. The number of benzene rings is 1. The van der Waals surface area contributed by atoms with Crippen molar-refractivity contribution in [3.63, 3.8) is 0 Å². The Hall–Kier alpha value is -3.07. The largest absolute Gasteiger partial charge is 0.376 e. The predicted molar refractivity (Wildman–Crippen MR) is 106 cm³/mol. The van der Waals surface area contributed by atoms with Crippen molar-refractivity contribution in [2.45, 2.75) is 38.3 Å². The van der Waals surface area contributed by atoms with Gasteiger partial charge in [0.15, 0.2) is 0 Å². The lowest BCUT2D eigenvalue weighted by Crippen LogP contribution is -2.43. The number of nitrogens with one attached hydrogen (secondary N) is 1. The zero-order chi connectivity index (χ0) is 20.4. The number of aromatic nitrogens is 2. The predicted octanol–water partition coefficient (Wildman–Crippen LogP) is 1.04. The number of carbonyl (C=O) groups is 2. The summed E-state index contributed by atoms with van der Waals surface area (Å²) >= 11 is 0. The van der Waals surface area contributed by atoms with Gasteiger partial charge in [-0.25, -0.2) is 9.99 Å². The fourth-order valence-corrected chi connectivity index (χ4v) is 3.65. The molecule has 1 saturated heterocycles. The second kappa shape index (κ2) is 8.12. The third-order valence-corrected chi connectivity index (χ3v) is 5.19. The third-order valence-electron chi connectivity index (χ3n) is 5.19. The van der Waals surface area contributed by atoms with Crippen molar-refractivity contribution in [1.82, 2.24) is 19.9 Å². The SMILES string of the molecule is CN1N=C(C(=O)N(Cc2nc3ccccc3c(=O)[nH]2)C[C@H]2CCCO2)CCC1=O. The number of rotatable bonds is 5. The Bertz CT molecular complexity index is 1020. The van der Waals surface area contributed by atoms with Crippen LogP contribution in [-0.2, 0) is 20.9 Å². The van der Waals surface area contributed by atoms with Crippen LogP contribution in [0.1, 0.15) is 31.5 Å². The van der Waals surface area contributed by atoms with Crippen molar-refractivity contribution in [3.8, 4) is 0 Å². The first kappa shape index (κ1) is 19.3. The van der Waals surface area contributed by atoms with Gasteiger partial charge in [-0.05, 0) is 25.0 Å². The number of carbonyl (C=O) groups excluding carboxylic acids is 2. The monoisotopic (exact) mass is 397 g/mol. The molecule has 2 aliphatic rings. The minimum atomic E-state index is -0.268. The topological polar surface area (TPSA) is 108 Å². The van der Waals surface area contributed by atoms with Gasteiger partial charge in [-0.3, -0.25) is 14.4 Å². The molecule has 1 N–H and O–H groups in total. The minimum absolute atomic E-state index is 0.0605. The number of H-pyrrole nitrogens is 1. The lowest BCUT2D eigenvalue weighted by atomic mass is 10.1. The van der Waals surface area contributed by atoms with Gasteiger partial charge in [-0.15, -0.1) is 0 Å². The first-order valence-corrected chi connectivity index (χ1v) is 9.74. The smallest absolute Gasteiger partial charge is 0.270 e. The van der Waals surface area contributed by atoms with Gasteiger partial charge in [0.05, 0.1) is 23.6 Å². The molecule has 0 spiro atoms. The van der Waals surface area contributed by atoms with Crippen LogP contribution < -0.4 is 5.56 Å². The summed E-state index contributed by atoms with van der Waals surface area (Å²) in [5.41, 5.74) is 0.666. The molecule has 1 aromatic heterocycles. The van der Waals surface area contributed by atoms with E-state index in [-0.39, 0.29) is 36.4 Å². The van der Waals surface area contributed by atoms with E-state index in [1.807, 2.05) is 6.07 Å². The van der Waals surface area contributed by atoms with Gasteiger partial charge in [0.25, 0.3) is 11.5 Å². The highest BCUT2D eigenvalue weighted by molar-refractivity contribution is 6.39. The molecule has 0 radical (unpaired) electrons. The Morgan fingerprint density at radius 3 is 2.90 bits per heavy atom. The van der Waals surface area contributed by atoms with Crippen LogP contribution in [-0.4, -0.2) is 63.7 Å². The van der Waals surface area contributed by atoms with E-state index in [4.69, 9.17) is 4.74 Å². The number of ether oxygens (including phenoxy) is 1. The van der Waals surface area contributed by atoms with Crippen LogP contribution in [0.5, 0.6) is 0 Å². The second-order valence-electron chi connectivity index (χ2n) is 7.31. The molecule has 0 saturated carbocycles. The van der Waals surface area contributed by atoms with Gasteiger partial charge < -0.3 is 14.6 Å². The fourth-order valence-electron chi connectivity index (χ4n) is 3.65. The van der Waals surface area contributed by atoms with Crippen LogP contribution in [0, 0.1) is 0 Å². The molecular formula is C20H23N5O4. The van der Waals surface area contributed by atoms with E-state index in [1.54, 1.807) is 30.1 Å². The molecule has 1 atom stereocenters. The summed E-state index contributed by atoms with van der Waals surface area (Å²) in [6.07, 6.45) is 2.31. The molecule has 29 heavy (non-hydrogen) atoms. The van der Waals surface area contributed by atoms with Crippen molar-refractivity contribution >= 4 is 28.4 Å². The number of para-hydroxylation sites is 1. The molecule has 9 nitrogen and oxygen atoms in total. The first-order chi connectivity index (χ1) is 14.0. The molecular weight excluding hydrogens is 374 g/mol. The number of hydrogen-bond donors (Lipinski definition) is 1. The average molecular weight is 397 g/mol. The van der Waals surface area contributed by atoms with Gasteiger partial charge in [0.1, 0.15) is 11.5 Å². The Labute approximate surface area is 167 Å². The maximum Gasteiger partial charge on any atom is 0.270 e. The van der Waals surface area contributed by atoms with Gasteiger partial charge in [0.2, 0.25) is 5.91 Å². The Morgan fingerprint density at radius 2 is 2.14 bits per heavy atom. The summed E-state index contributed by atoms with van der Waals surface area (Å²) in [4.78, 5) is 46.1. The van der Waals surface area contributed by atoms with Crippen molar-refractivity contribution < 1.29 is 14.3 Å². The Kier molecular flexibility index (Phi) is 5.39. The van der Waals surface area contributed by atoms with E-state index >= 15 is 0 Å². The van der Waals surface area contributed by atoms with Crippen LogP contribution in [0.3, 0.4) is 0 Å². The van der Waals surface area contributed by atoms with Crippen molar-refractivity contribution in [2.24, 2.45) is 5.10 Å². The van der Waals surface area contributed by atoms with Crippen LogP contribution in [0.15, 0.2) is 34.2 Å². The van der Waals surface area contributed by atoms with E-state index in [2.05, 4.69) is 15.1 Å². The van der Waals surface area contributed by atoms with Gasteiger partial charge >= 0.3 is 0 Å². The number of fused-ring (bicyclic) bond motifs is 1. The number of hydrogen-bond acceptors (Lipinski definition) is 6. The summed E-state index contributed by atoms with van der Waals surface area (Å²) in [6.45, 7) is 1.19. The maximum absolute atomic E-state index is 13.2. The van der Waals surface area contributed by atoms with E-state index in [0.29, 0.717) is 42.0 Å². The lowest BCUT2D eigenvalue weighted by molar-refractivity contribution is -0.131. The second-order valence-corrected chi connectivity index (χ2v) is 7.31. The molecule has 9 heteroatoms. The highest BCUT2D eigenvalue weighted by Gasteiger charge is 2.29. The third kappa shape index (κ3) is 4.19. The number of nitrogens with zero attached hydrogens (tertiary/aromatic N) is 4. The summed E-state index contributed by atoms with van der Waals surface area (Å²) in [6, 6.07) is 7.08. The van der Waals surface area contributed by atoms with Gasteiger partial charge in [0, 0.05) is 33.0 Å². The molecule has 0 aliphatic carbocycles. The zero-order valence-corrected chi connectivity index (χ0v) is 16.3. The van der Waals surface area contributed by atoms with Gasteiger partial charge in [-0.1, -0.05) is 12.1 Å². The van der Waals surface area contributed by atoms with Crippen LogP contribution in [0.4, 0.5) is 0 Å². The number of aromatic amines is 1. The van der Waals surface area contributed by atoms with Crippen molar-refractivity contribution in [1.29, 1.82) is 0 Å². The molecule has 0 unspecified atom stereocenters. The van der Waals surface area contributed by atoms with Crippen LogP contribution in [0.25, 0.3) is 10.9 Å². The van der Waals surface area contributed by atoms with E-state index < -0.39 is 0 Å². The molecule has 0 bridgehead atoms. The van der Waals surface area contributed by atoms with Crippen molar-refractivity contribution in [3.05, 3.63) is 40.4 Å². The quantitative estimate of drug-likeness (QED) is 0.811. The minimum Gasteiger partial charge on any atom is -0.376 e. The Balaban J connectivity index is 1.62. The van der Waals surface area contributed by atoms with Crippen LogP contribution in [0.2, 0.25) is 0 Å². The summed E-state index contributed by atoms with van der Waals surface area (Å²) < 4.78 is 5.70. The molecule has 2 aromatic rings. The number of hydrazone groups is 1. The number of amides is 2. The molecule has 2 aliphatic heterocycles. The summed E-state index contributed by atoms with van der Waals surface area (Å²) in [7, 11) is 1.54. The summed E-state index contributed by atoms with van der Waals surface area (Å²) in [5.74, 6) is 0.0179. The van der Waals surface area contributed by atoms with E-state index in [0.717, 1.165) is 12.8 Å². The summed E-state index contributed by atoms with van der Waals surface area (Å²) in [5, 5.41) is 5.85. The lowest BCUT2D eigenvalue weighted by Gasteiger charge is -2.27. The van der Waals surface area contributed by atoms with E-state index in [9.17, 15) is 14.4 Å². The zero-order valence-electron chi connectivity index (χ0n) is 16.3. The van der Waals surface area contributed by atoms with Crippen LogP contribution >= 0.6 is 0 Å². The Morgan fingerprint density at radius 1 is 1.31 bits per heavy atom. The van der Waals surface area contributed by atoms with Gasteiger partial charge in [-0.2, -0.15) is 5.10 Å².